The van der Waals surface area contributed by atoms with Crippen molar-refractivity contribution in [3.05, 3.63) is 48.5 Å². The zero-order chi connectivity index (χ0) is 14.2. The zero-order valence-electron chi connectivity index (χ0n) is 11.4. The van der Waals surface area contributed by atoms with Crippen molar-refractivity contribution in [2.75, 3.05) is 12.4 Å². The van der Waals surface area contributed by atoms with Gasteiger partial charge < -0.3 is 14.5 Å². The van der Waals surface area contributed by atoms with Gasteiger partial charge in [-0.15, -0.1) is 0 Å². The van der Waals surface area contributed by atoms with Gasteiger partial charge in [0.25, 0.3) is 0 Å². The van der Waals surface area contributed by atoms with Crippen molar-refractivity contribution >= 4 is 33.6 Å². The number of aromatic amines is 1. The van der Waals surface area contributed by atoms with E-state index in [1.165, 1.54) is 0 Å². The van der Waals surface area contributed by atoms with Crippen LogP contribution in [0.1, 0.15) is 0 Å². The largest absolute Gasteiger partial charge is 0.493 e. The lowest BCUT2D eigenvalue weighted by atomic mass is 10.2. The van der Waals surface area contributed by atoms with Crippen LogP contribution in [0.25, 0.3) is 22.1 Å². The van der Waals surface area contributed by atoms with Gasteiger partial charge in [-0.3, -0.25) is 5.10 Å². The van der Waals surface area contributed by atoms with E-state index in [4.69, 9.17) is 9.15 Å². The average Bonchev–Trinajstić information content (AvgIpc) is 3.08. The monoisotopic (exact) mass is 279 g/mol. The van der Waals surface area contributed by atoms with Crippen LogP contribution in [-0.2, 0) is 0 Å². The lowest BCUT2D eigenvalue weighted by molar-refractivity contribution is 0.412. The molecule has 104 valence electrons. The maximum absolute atomic E-state index is 5.94. The lowest BCUT2D eigenvalue weighted by Gasteiger charge is -2.02. The fourth-order valence-electron chi connectivity index (χ4n) is 2.43. The Morgan fingerprint density at radius 1 is 1.05 bits per heavy atom. The summed E-state index contributed by atoms with van der Waals surface area (Å²) in [5, 5.41) is 11.5. The van der Waals surface area contributed by atoms with Crippen molar-refractivity contribution in [2.45, 2.75) is 0 Å². The van der Waals surface area contributed by atoms with Gasteiger partial charge in [-0.2, -0.15) is 5.10 Å². The summed E-state index contributed by atoms with van der Waals surface area (Å²) in [5.74, 6) is 1.44. The third-order valence-corrected chi connectivity index (χ3v) is 3.42. The van der Waals surface area contributed by atoms with Gasteiger partial charge >= 0.3 is 0 Å². The van der Waals surface area contributed by atoms with Crippen LogP contribution in [0.4, 0.5) is 11.5 Å². The Hall–Kier alpha value is -2.95. The Morgan fingerprint density at radius 2 is 1.90 bits per heavy atom. The molecule has 4 aromatic rings. The van der Waals surface area contributed by atoms with Crippen molar-refractivity contribution in [1.29, 1.82) is 0 Å². The lowest BCUT2D eigenvalue weighted by Crippen LogP contribution is -1.90. The number of ether oxygens (including phenoxy) is 1. The summed E-state index contributed by atoms with van der Waals surface area (Å²) < 4.78 is 11.3. The van der Waals surface area contributed by atoms with Gasteiger partial charge in [-0.1, -0.05) is 24.3 Å². The summed E-state index contributed by atoms with van der Waals surface area (Å²) in [7, 11) is 1.63. The van der Waals surface area contributed by atoms with E-state index in [0.29, 0.717) is 16.9 Å². The molecule has 0 radical (unpaired) electrons. The van der Waals surface area contributed by atoms with E-state index < -0.39 is 0 Å². The number of rotatable bonds is 3. The summed E-state index contributed by atoms with van der Waals surface area (Å²) in [4.78, 5) is 0. The molecule has 2 aromatic carbocycles. The molecule has 0 unspecified atom stereocenters. The average molecular weight is 279 g/mol. The van der Waals surface area contributed by atoms with Crippen LogP contribution in [0, 0.1) is 0 Å². The second-order valence-corrected chi connectivity index (χ2v) is 4.71. The molecule has 2 N–H and O–H groups in total. The number of benzene rings is 2. The molecule has 0 aliphatic carbocycles. The van der Waals surface area contributed by atoms with Crippen molar-refractivity contribution in [2.24, 2.45) is 0 Å². The molecule has 5 heteroatoms. The highest BCUT2D eigenvalue weighted by molar-refractivity contribution is 6.08. The molecule has 0 bridgehead atoms. The number of anilines is 2. The molecule has 4 rings (SSSR count). The third kappa shape index (κ3) is 1.82. The van der Waals surface area contributed by atoms with Crippen LogP contribution in [0.2, 0.25) is 0 Å². The number of nitrogens with one attached hydrogen (secondary N) is 2. The van der Waals surface area contributed by atoms with E-state index in [1.54, 1.807) is 7.11 Å². The Bertz CT molecular complexity index is 909. The van der Waals surface area contributed by atoms with Crippen LogP contribution in [-0.4, -0.2) is 17.3 Å². The number of H-pyrrole nitrogens is 1. The molecule has 0 atom stereocenters. The number of furan rings is 1. The SMILES string of the molecule is COc1cccc2c1oc1c(Nc3ccccc3)[nH]nc12. The van der Waals surface area contributed by atoms with E-state index in [-0.39, 0.29) is 0 Å². The number of methoxy groups -OCH3 is 1. The summed E-state index contributed by atoms with van der Waals surface area (Å²) in [6.07, 6.45) is 0. The molecule has 0 amide bonds. The Kier molecular flexibility index (Phi) is 2.57. The van der Waals surface area contributed by atoms with Crippen molar-refractivity contribution in [3.8, 4) is 5.75 Å². The topological polar surface area (TPSA) is 63.1 Å². The Morgan fingerprint density at radius 3 is 2.71 bits per heavy atom. The molecule has 0 spiro atoms. The number of aromatic nitrogens is 2. The number of hydrogen-bond donors (Lipinski definition) is 2. The quantitative estimate of drug-likeness (QED) is 0.593. The first-order valence-electron chi connectivity index (χ1n) is 6.62. The molecule has 2 aromatic heterocycles. The highest BCUT2D eigenvalue weighted by Gasteiger charge is 2.17. The fourth-order valence-corrected chi connectivity index (χ4v) is 2.43. The summed E-state index contributed by atoms with van der Waals surface area (Å²) in [5.41, 5.74) is 3.17. The van der Waals surface area contributed by atoms with Gasteiger partial charge in [-0.25, -0.2) is 0 Å². The standard InChI is InChI=1S/C16H13N3O2/c1-20-12-9-5-8-11-13-15(21-14(11)12)16(19-18-13)17-10-6-3-2-4-7-10/h2-9H,1H3,(H2,17,18,19). The van der Waals surface area contributed by atoms with Gasteiger partial charge in [0.1, 0.15) is 5.52 Å². The molecular weight excluding hydrogens is 266 g/mol. The third-order valence-electron chi connectivity index (χ3n) is 3.42. The van der Waals surface area contributed by atoms with Crippen LogP contribution in [0.15, 0.2) is 52.9 Å². The fraction of sp³-hybridized carbons (Fsp3) is 0.0625. The van der Waals surface area contributed by atoms with E-state index in [9.17, 15) is 0 Å². The van der Waals surface area contributed by atoms with Gasteiger partial charge in [0, 0.05) is 5.69 Å². The van der Waals surface area contributed by atoms with Gasteiger partial charge in [0.15, 0.2) is 22.7 Å². The van der Waals surface area contributed by atoms with E-state index in [0.717, 1.165) is 22.4 Å². The Labute approximate surface area is 120 Å². The first-order valence-corrected chi connectivity index (χ1v) is 6.62. The maximum Gasteiger partial charge on any atom is 0.197 e. The minimum Gasteiger partial charge on any atom is -0.493 e. The predicted octanol–water partition coefficient (Wildman–Crippen LogP) is 4.06. The van der Waals surface area contributed by atoms with Gasteiger partial charge in [0.2, 0.25) is 0 Å². The number of fused-ring (bicyclic) bond motifs is 3. The van der Waals surface area contributed by atoms with E-state index in [1.807, 2.05) is 48.5 Å². The highest BCUT2D eigenvalue weighted by atomic mass is 16.5. The van der Waals surface area contributed by atoms with Crippen molar-refractivity contribution < 1.29 is 9.15 Å². The molecule has 2 heterocycles. The first-order chi connectivity index (χ1) is 10.4. The molecular formula is C16H13N3O2. The molecule has 0 saturated heterocycles. The molecule has 0 aliphatic rings. The van der Waals surface area contributed by atoms with Crippen LogP contribution >= 0.6 is 0 Å². The molecule has 0 aliphatic heterocycles. The van der Waals surface area contributed by atoms with E-state index in [2.05, 4.69) is 15.5 Å². The summed E-state index contributed by atoms with van der Waals surface area (Å²) >= 11 is 0. The van der Waals surface area contributed by atoms with Crippen LogP contribution in [0.5, 0.6) is 5.75 Å². The summed E-state index contributed by atoms with van der Waals surface area (Å²) in [6.45, 7) is 0. The second-order valence-electron chi connectivity index (χ2n) is 4.71. The number of para-hydroxylation sites is 2. The highest BCUT2D eigenvalue weighted by Crippen LogP contribution is 2.36. The second kappa shape index (κ2) is 4.56. The minimum absolute atomic E-state index is 0.693. The Balaban J connectivity index is 1.88. The van der Waals surface area contributed by atoms with E-state index >= 15 is 0 Å². The van der Waals surface area contributed by atoms with Gasteiger partial charge in [0.05, 0.1) is 12.5 Å². The molecule has 21 heavy (non-hydrogen) atoms. The normalized spacial score (nSPS) is 11.1. The smallest absolute Gasteiger partial charge is 0.197 e. The summed E-state index contributed by atoms with van der Waals surface area (Å²) in [6, 6.07) is 15.6. The molecule has 0 fully saturated rings. The van der Waals surface area contributed by atoms with Crippen molar-refractivity contribution in [1.82, 2.24) is 10.2 Å². The van der Waals surface area contributed by atoms with Crippen LogP contribution in [0.3, 0.4) is 0 Å². The van der Waals surface area contributed by atoms with Gasteiger partial charge in [-0.05, 0) is 24.3 Å². The number of nitrogens with zero attached hydrogens (tertiary/aromatic N) is 1. The van der Waals surface area contributed by atoms with Crippen LogP contribution < -0.4 is 10.1 Å². The minimum atomic E-state index is 0.693. The van der Waals surface area contributed by atoms with Crippen molar-refractivity contribution in [3.63, 3.8) is 0 Å². The maximum atomic E-state index is 5.94. The number of hydrogen-bond acceptors (Lipinski definition) is 4. The molecule has 0 saturated carbocycles. The predicted molar refractivity (Wildman–Crippen MR) is 82.1 cm³/mol. The molecule has 5 nitrogen and oxygen atoms in total. The first kappa shape index (κ1) is 11.8. The zero-order valence-corrected chi connectivity index (χ0v) is 11.4.